The van der Waals surface area contributed by atoms with Crippen molar-refractivity contribution in [1.82, 2.24) is 0 Å². The molecule has 1 aliphatic heterocycles. The second-order valence-electron chi connectivity index (χ2n) is 4.35. The van der Waals surface area contributed by atoms with Crippen LogP contribution < -0.4 is 10.6 Å². The van der Waals surface area contributed by atoms with Gasteiger partial charge in [-0.05, 0) is 36.5 Å². The van der Waals surface area contributed by atoms with Crippen LogP contribution in [0.5, 0.6) is 0 Å². The molecular weight excluding hydrogens is 184 g/mol. The minimum Gasteiger partial charge on any atom is -0.385 e. The Morgan fingerprint density at radius 3 is 3.13 bits per heavy atom. The van der Waals surface area contributed by atoms with E-state index >= 15 is 0 Å². The van der Waals surface area contributed by atoms with Gasteiger partial charge in [-0.3, -0.25) is 0 Å². The summed E-state index contributed by atoms with van der Waals surface area (Å²) in [6.45, 7) is 6.64. The average molecular weight is 204 g/mol. The molecule has 0 fully saturated rings. The molecule has 1 aromatic rings. The first-order valence-corrected chi connectivity index (χ1v) is 5.93. The molecule has 82 valence electrons. The number of nitrogens with one attached hydrogen (secondary N) is 2. The zero-order chi connectivity index (χ0) is 10.7. The lowest BCUT2D eigenvalue weighted by Gasteiger charge is -2.24. The van der Waals surface area contributed by atoms with Crippen molar-refractivity contribution in [3.63, 3.8) is 0 Å². The molecule has 2 N–H and O–H groups in total. The van der Waals surface area contributed by atoms with E-state index in [0.717, 1.165) is 13.1 Å². The lowest BCUT2D eigenvalue weighted by molar-refractivity contribution is 0.684. The van der Waals surface area contributed by atoms with Crippen molar-refractivity contribution in [2.45, 2.75) is 32.6 Å². The van der Waals surface area contributed by atoms with Crippen molar-refractivity contribution in [2.75, 3.05) is 23.7 Å². The van der Waals surface area contributed by atoms with E-state index in [0.29, 0.717) is 5.92 Å². The van der Waals surface area contributed by atoms with E-state index in [9.17, 15) is 0 Å². The van der Waals surface area contributed by atoms with Crippen LogP contribution in [0.3, 0.4) is 0 Å². The fourth-order valence-corrected chi connectivity index (χ4v) is 2.10. The van der Waals surface area contributed by atoms with E-state index in [4.69, 9.17) is 0 Å². The van der Waals surface area contributed by atoms with Gasteiger partial charge in [-0.2, -0.15) is 0 Å². The van der Waals surface area contributed by atoms with Crippen LogP contribution in [-0.4, -0.2) is 13.1 Å². The van der Waals surface area contributed by atoms with Crippen LogP contribution in [0, 0.1) is 0 Å². The van der Waals surface area contributed by atoms with Crippen LogP contribution in [0.4, 0.5) is 11.4 Å². The number of rotatable bonds is 3. The predicted molar refractivity (Wildman–Crippen MR) is 66.7 cm³/mol. The molecule has 2 rings (SSSR count). The first-order valence-electron chi connectivity index (χ1n) is 5.93. The van der Waals surface area contributed by atoms with Gasteiger partial charge in [0.15, 0.2) is 0 Å². The van der Waals surface area contributed by atoms with Crippen molar-refractivity contribution in [3.05, 3.63) is 23.8 Å². The Balaban J connectivity index is 2.18. The van der Waals surface area contributed by atoms with Gasteiger partial charge in [0.2, 0.25) is 0 Å². The summed E-state index contributed by atoms with van der Waals surface area (Å²) in [4.78, 5) is 0. The second-order valence-corrected chi connectivity index (χ2v) is 4.35. The van der Waals surface area contributed by atoms with Gasteiger partial charge in [0.1, 0.15) is 0 Å². The van der Waals surface area contributed by atoms with E-state index in [1.165, 1.54) is 29.8 Å². The number of hydrogen-bond donors (Lipinski definition) is 2. The molecule has 1 atom stereocenters. The zero-order valence-electron chi connectivity index (χ0n) is 9.64. The molecule has 0 radical (unpaired) electrons. The molecule has 1 unspecified atom stereocenters. The standard InChI is InChI=1S/C13H20N2/c1-3-7-14-11-4-5-12-10(2)6-8-15-13(12)9-11/h4-5,9-10,14-15H,3,6-8H2,1-2H3. The SMILES string of the molecule is CCCNc1ccc2c(c1)NCCC2C. The summed E-state index contributed by atoms with van der Waals surface area (Å²) in [5.41, 5.74) is 4.01. The molecule has 0 saturated heterocycles. The summed E-state index contributed by atoms with van der Waals surface area (Å²) >= 11 is 0. The fourth-order valence-electron chi connectivity index (χ4n) is 2.10. The molecule has 2 heteroatoms. The Morgan fingerprint density at radius 1 is 1.47 bits per heavy atom. The van der Waals surface area contributed by atoms with Crippen molar-refractivity contribution in [3.8, 4) is 0 Å². The highest BCUT2D eigenvalue weighted by Crippen LogP contribution is 2.32. The average Bonchev–Trinajstić information content (AvgIpc) is 2.26. The Bertz CT molecular complexity index is 333. The van der Waals surface area contributed by atoms with E-state index in [-0.39, 0.29) is 0 Å². The first kappa shape index (κ1) is 10.3. The third-order valence-electron chi connectivity index (χ3n) is 3.06. The van der Waals surface area contributed by atoms with Gasteiger partial charge < -0.3 is 10.6 Å². The number of benzene rings is 1. The molecule has 1 heterocycles. The number of fused-ring (bicyclic) bond motifs is 1. The molecule has 0 bridgehead atoms. The molecule has 2 nitrogen and oxygen atoms in total. The largest absolute Gasteiger partial charge is 0.385 e. The van der Waals surface area contributed by atoms with Gasteiger partial charge in [-0.1, -0.05) is 19.9 Å². The lowest BCUT2D eigenvalue weighted by Crippen LogP contribution is -2.15. The molecule has 0 spiro atoms. The van der Waals surface area contributed by atoms with Gasteiger partial charge in [-0.25, -0.2) is 0 Å². The minimum atomic E-state index is 0.696. The van der Waals surface area contributed by atoms with Gasteiger partial charge >= 0.3 is 0 Å². The van der Waals surface area contributed by atoms with Crippen LogP contribution in [0.1, 0.15) is 38.2 Å². The molecule has 1 aliphatic rings. The molecule has 0 aromatic heterocycles. The predicted octanol–water partition coefficient (Wildman–Crippen LogP) is 3.43. The first-order chi connectivity index (χ1) is 7.31. The summed E-state index contributed by atoms with van der Waals surface area (Å²) < 4.78 is 0. The maximum Gasteiger partial charge on any atom is 0.0396 e. The van der Waals surface area contributed by atoms with E-state index in [2.05, 4.69) is 42.7 Å². The van der Waals surface area contributed by atoms with Crippen molar-refractivity contribution < 1.29 is 0 Å². The Labute approximate surface area is 92.1 Å². The monoisotopic (exact) mass is 204 g/mol. The molecular formula is C13H20N2. The quantitative estimate of drug-likeness (QED) is 0.788. The maximum absolute atomic E-state index is 3.47. The maximum atomic E-state index is 3.47. The third-order valence-corrected chi connectivity index (χ3v) is 3.06. The highest BCUT2D eigenvalue weighted by atomic mass is 14.9. The van der Waals surface area contributed by atoms with Crippen LogP contribution in [0.15, 0.2) is 18.2 Å². The third kappa shape index (κ3) is 2.25. The molecule has 0 saturated carbocycles. The van der Waals surface area contributed by atoms with Gasteiger partial charge in [0, 0.05) is 24.5 Å². The highest BCUT2D eigenvalue weighted by molar-refractivity contribution is 5.63. The zero-order valence-corrected chi connectivity index (χ0v) is 9.64. The summed E-state index contributed by atoms with van der Waals surface area (Å²) in [6.07, 6.45) is 2.41. The summed E-state index contributed by atoms with van der Waals surface area (Å²) in [5, 5.41) is 6.89. The van der Waals surface area contributed by atoms with Gasteiger partial charge in [0.25, 0.3) is 0 Å². The van der Waals surface area contributed by atoms with Crippen LogP contribution in [0.2, 0.25) is 0 Å². The van der Waals surface area contributed by atoms with Crippen molar-refractivity contribution >= 4 is 11.4 Å². The van der Waals surface area contributed by atoms with Crippen LogP contribution >= 0.6 is 0 Å². The van der Waals surface area contributed by atoms with Crippen LogP contribution in [0.25, 0.3) is 0 Å². The summed E-state index contributed by atoms with van der Waals surface area (Å²) in [5.74, 6) is 0.696. The normalized spacial score (nSPS) is 19.2. The lowest BCUT2D eigenvalue weighted by atomic mass is 9.92. The van der Waals surface area contributed by atoms with Crippen molar-refractivity contribution in [1.29, 1.82) is 0 Å². The number of anilines is 2. The molecule has 0 aliphatic carbocycles. The topological polar surface area (TPSA) is 24.1 Å². The Hall–Kier alpha value is -1.18. The van der Waals surface area contributed by atoms with E-state index < -0.39 is 0 Å². The minimum absolute atomic E-state index is 0.696. The summed E-state index contributed by atoms with van der Waals surface area (Å²) in [6, 6.07) is 6.68. The molecule has 1 aromatic carbocycles. The van der Waals surface area contributed by atoms with Gasteiger partial charge in [0.05, 0.1) is 0 Å². The molecule has 15 heavy (non-hydrogen) atoms. The van der Waals surface area contributed by atoms with E-state index in [1.807, 2.05) is 0 Å². The fraction of sp³-hybridized carbons (Fsp3) is 0.538. The Kier molecular flexibility index (Phi) is 3.14. The van der Waals surface area contributed by atoms with Crippen LogP contribution in [-0.2, 0) is 0 Å². The van der Waals surface area contributed by atoms with E-state index in [1.54, 1.807) is 0 Å². The highest BCUT2D eigenvalue weighted by Gasteiger charge is 2.15. The smallest absolute Gasteiger partial charge is 0.0396 e. The van der Waals surface area contributed by atoms with Crippen molar-refractivity contribution in [2.24, 2.45) is 0 Å². The van der Waals surface area contributed by atoms with Gasteiger partial charge in [-0.15, -0.1) is 0 Å². The molecule has 0 amide bonds. The second kappa shape index (κ2) is 4.56. The number of hydrogen-bond acceptors (Lipinski definition) is 2. The Morgan fingerprint density at radius 2 is 2.33 bits per heavy atom. The summed E-state index contributed by atoms with van der Waals surface area (Å²) in [7, 11) is 0.